The van der Waals surface area contributed by atoms with Gasteiger partial charge >= 0.3 is 0 Å². The van der Waals surface area contributed by atoms with E-state index in [0.29, 0.717) is 12.4 Å². The predicted molar refractivity (Wildman–Crippen MR) is 74.1 cm³/mol. The zero-order chi connectivity index (χ0) is 13.7. The fourth-order valence-corrected chi connectivity index (χ4v) is 2.11. The van der Waals surface area contributed by atoms with Crippen LogP contribution in [0, 0.1) is 0 Å². The molecule has 0 rings (SSSR count). The van der Waals surface area contributed by atoms with Crippen molar-refractivity contribution in [3.8, 4) is 0 Å². The first kappa shape index (κ1) is 16.1. The number of rotatable bonds is 6. The van der Waals surface area contributed by atoms with Crippen molar-refractivity contribution in [3.63, 3.8) is 0 Å². The van der Waals surface area contributed by atoms with Gasteiger partial charge in [0.25, 0.3) is 5.95 Å². The molecule has 17 heavy (non-hydrogen) atoms. The lowest BCUT2D eigenvalue weighted by molar-refractivity contribution is 0.0938. The third kappa shape index (κ3) is 5.30. The second-order valence-corrected chi connectivity index (χ2v) is 10.3. The monoisotopic (exact) mass is 258 g/mol. The number of ether oxygens (including phenoxy) is 2. The molecule has 0 amide bonds. The zero-order valence-electron chi connectivity index (χ0n) is 12.2. The Balaban J connectivity index is 4.43. The Morgan fingerprint density at radius 1 is 1.18 bits per heavy atom. The summed E-state index contributed by atoms with van der Waals surface area (Å²) < 4.78 is 16.0. The minimum atomic E-state index is -1.77. The van der Waals surface area contributed by atoms with Crippen LogP contribution >= 0.6 is 0 Å². The van der Waals surface area contributed by atoms with Crippen molar-refractivity contribution >= 4 is 8.32 Å². The summed E-state index contributed by atoms with van der Waals surface area (Å²) in [5.41, 5.74) is 0. The number of hydrogen-bond acceptors (Lipinski definition) is 3. The van der Waals surface area contributed by atoms with Crippen LogP contribution in [-0.2, 0) is 13.9 Å². The molecule has 0 spiro atoms. The van der Waals surface area contributed by atoms with E-state index in [0.717, 1.165) is 5.76 Å². The summed E-state index contributed by atoms with van der Waals surface area (Å²) in [6, 6.07) is 0. The molecule has 0 aliphatic heterocycles. The van der Waals surface area contributed by atoms with Gasteiger partial charge in [0, 0.05) is 12.5 Å². The summed E-state index contributed by atoms with van der Waals surface area (Å²) in [6.45, 7) is 15.0. The summed E-state index contributed by atoms with van der Waals surface area (Å²) in [6.07, 6.45) is 2.44. The smallest absolute Gasteiger partial charge is 0.274 e. The molecule has 0 unspecified atom stereocenters. The lowest BCUT2D eigenvalue weighted by Gasteiger charge is -2.37. The molecule has 0 atom stereocenters. The maximum absolute atomic E-state index is 6.03. The minimum absolute atomic E-state index is 0.186. The standard InChI is InChI=1S/C13H26O3Si/c1-11(9-10-12(14-5)15-6)16-17(7,8)13(2,3)4/h10H,1,9H2,2-8H3. The average Bonchev–Trinajstić information content (AvgIpc) is 2.16. The van der Waals surface area contributed by atoms with Gasteiger partial charge in [0.15, 0.2) is 0 Å². The van der Waals surface area contributed by atoms with Crippen molar-refractivity contribution in [1.29, 1.82) is 0 Å². The first-order chi connectivity index (χ1) is 7.64. The second-order valence-electron chi connectivity index (χ2n) is 5.54. The van der Waals surface area contributed by atoms with E-state index in [1.807, 2.05) is 6.08 Å². The molecule has 0 saturated carbocycles. The molecule has 0 fully saturated rings. The lowest BCUT2D eigenvalue weighted by Crippen LogP contribution is -2.40. The van der Waals surface area contributed by atoms with Gasteiger partial charge < -0.3 is 13.9 Å². The first-order valence-electron chi connectivity index (χ1n) is 5.79. The molecular weight excluding hydrogens is 232 g/mol. The van der Waals surface area contributed by atoms with Crippen molar-refractivity contribution in [2.75, 3.05) is 14.2 Å². The topological polar surface area (TPSA) is 27.7 Å². The normalized spacial score (nSPS) is 11.7. The predicted octanol–water partition coefficient (Wildman–Crippen LogP) is 4.05. The maximum atomic E-state index is 6.03. The Morgan fingerprint density at radius 2 is 1.65 bits per heavy atom. The highest BCUT2D eigenvalue weighted by molar-refractivity contribution is 6.74. The summed E-state index contributed by atoms with van der Waals surface area (Å²) in [4.78, 5) is 0. The molecule has 0 aliphatic rings. The van der Waals surface area contributed by atoms with Gasteiger partial charge in [-0.05, 0) is 18.1 Å². The van der Waals surface area contributed by atoms with Gasteiger partial charge in [0.05, 0.1) is 20.0 Å². The van der Waals surface area contributed by atoms with Crippen molar-refractivity contribution < 1.29 is 13.9 Å². The minimum Gasteiger partial charge on any atom is -0.547 e. The summed E-state index contributed by atoms with van der Waals surface area (Å²) >= 11 is 0. The highest BCUT2D eigenvalue weighted by atomic mass is 28.4. The van der Waals surface area contributed by atoms with Gasteiger partial charge in [-0.1, -0.05) is 27.4 Å². The second kappa shape index (κ2) is 6.14. The highest BCUT2D eigenvalue weighted by Gasteiger charge is 2.38. The van der Waals surface area contributed by atoms with Gasteiger partial charge in [-0.15, -0.1) is 0 Å². The maximum Gasteiger partial charge on any atom is 0.274 e. The number of methoxy groups -OCH3 is 2. The van der Waals surface area contributed by atoms with Crippen LogP contribution in [0.5, 0.6) is 0 Å². The molecule has 100 valence electrons. The van der Waals surface area contributed by atoms with Crippen LogP contribution in [-0.4, -0.2) is 22.5 Å². The molecule has 0 aromatic rings. The van der Waals surface area contributed by atoms with Crippen molar-refractivity contribution in [2.45, 2.75) is 45.3 Å². The lowest BCUT2D eigenvalue weighted by atomic mass is 10.2. The summed E-state index contributed by atoms with van der Waals surface area (Å²) in [5.74, 6) is 1.26. The van der Waals surface area contributed by atoms with Crippen molar-refractivity contribution in [3.05, 3.63) is 24.4 Å². The van der Waals surface area contributed by atoms with Crippen LogP contribution < -0.4 is 0 Å². The van der Waals surface area contributed by atoms with Gasteiger partial charge in [-0.2, -0.15) is 0 Å². The van der Waals surface area contributed by atoms with E-state index in [2.05, 4.69) is 40.4 Å². The molecule has 4 heteroatoms. The van der Waals surface area contributed by atoms with Crippen molar-refractivity contribution in [2.24, 2.45) is 0 Å². The van der Waals surface area contributed by atoms with Crippen LogP contribution in [0.25, 0.3) is 0 Å². The van der Waals surface area contributed by atoms with Crippen molar-refractivity contribution in [1.82, 2.24) is 0 Å². The number of hydrogen-bond donors (Lipinski definition) is 0. The molecule has 0 radical (unpaired) electrons. The fraction of sp³-hybridized carbons (Fsp3) is 0.692. The largest absolute Gasteiger partial charge is 0.547 e. The molecule has 0 heterocycles. The van der Waals surface area contributed by atoms with E-state index in [-0.39, 0.29) is 5.04 Å². The number of allylic oxidation sites excluding steroid dienone is 1. The summed E-state index contributed by atoms with van der Waals surface area (Å²) in [5, 5.41) is 0.186. The van der Waals surface area contributed by atoms with E-state index in [9.17, 15) is 0 Å². The Labute approximate surface area is 107 Å². The molecule has 0 bridgehead atoms. The third-order valence-electron chi connectivity index (χ3n) is 3.10. The zero-order valence-corrected chi connectivity index (χ0v) is 13.2. The van der Waals surface area contributed by atoms with Crippen LogP contribution in [0.1, 0.15) is 27.2 Å². The average molecular weight is 258 g/mol. The molecule has 0 aromatic carbocycles. The Morgan fingerprint density at radius 3 is 2.00 bits per heavy atom. The molecule has 0 aliphatic carbocycles. The van der Waals surface area contributed by atoms with E-state index in [1.165, 1.54) is 0 Å². The SMILES string of the molecule is C=C(CC=C(OC)OC)O[Si](C)(C)C(C)(C)C. The van der Waals surface area contributed by atoms with Crippen LogP contribution in [0.4, 0.5) is 0 Å². The summed E-state index contributed by atoms with van der Waals surface area (Å²) in [7, 11) is 1.38. The fourth-order valence-electron chi connectivity index (χ4n) is 1.00. The van der Waals surface area contributed by atoms with Crippen LogP contribution in [0.2, 0.25) is 18.1 Å². The van der Waals surface area contributed by atoms with E-state index >= 15 is 0 Å². The Hall–Kier alpha value is -0.903. The molecule has 0 N–H and O–H groups in total. The Bertz CT molecular complexity index is 282. The Kier molecular flexibility index (Phi) is 5.82. The quantitative estimate of drug-likeness (QED) is 0.531. The van der Waals surface area contributed by atoms with Gasteiger partial charge in [-0.25, -0.2) is 0 Å². The van der Waals surface area contributed by atoms with Crippen LogP contribution in [0.3, 0.4) is 0 Å². The first-order valence-corrected chi connectivity index (χ1v) is 8.70. The molecular formula is C13H26O3Si. The highest BCUT2D eigenvalue weighted by Crippen LogP contribution is 2.38. The molecule has 0 aromatic heterocycles. The molecule has 0 saturated heterocycles. The third-order valence-corrected chi connectivity index (χ3v) is 7.52. The van der Waals surface area contributed by atoms with E-state index in [1.54, 1.807) is 14.2 Å². The van der Waals surface area contributed by atoms with Gasteiger partial charge in [0.2, 0.25) is 8.32 Å². The van der Waals surface area contributed by atoms with Gasteiger partial charge in [0.1, 0.15) is 0 Å². The van der Waals surface area contributed by atoms with Crippen LogP contribution in [0.15, 0.2) is 24.4 Å². The van der Waals surface area contributed by atoms with Gasteiger partial charge in [-0.3, -0.25) is 0 Å². The van der Waals surface area contributed by atoms with E-state index < -0.39 is 8.32 Å². The van der Waals surface area contributed by atoms with E-state index in [4.69, 9.17) is 13.9 Å². The molecule has 3 nitrogen and oxygen atoms in total.